The van der Waals surface area contributed by atoms with Crippen molar-refractivity contribution in [2.45, 2.75) is 0 Å². The molecule has 2 aromatic heterocycles. The first-order valence-electron chi connectivity index (χ1n) is 7.66. The van der Waals surface area contributed by atoms with Crippen molar-refractivity contribution in [1.82, 2.24) is 4.98 Å². The highest BCUT2D eigenvalue weighted by atomic mass is 35.5. The lowest BCUT2D eigenvalue weighted by atomic mass is 10.2. The topological polar surface area (TPSA) is 72.2 Å². The van der Waals surface area contributed by atoms with Crippen LogP contribution in [0.5, 0.6) is 0 Å². The number of thiazole rings is 1. The summed E-state index contributed by atoms with van der Waals surface area (Å²) in [5.74, 6) is -0.582. The van der Waals surface area contributed by atoms with Crippen molar-refractivity contribution < 1.29 is 9.21 Å². The average Bonchev–Trinajstić information content (AvgIpc) is 3.10. The van der Waals surface area contributed by atoms with E-state index in [0.717, 1.165) is 11.3 Å². The third-order valence-electron chi connectivity index (χ3n) is 3.72. The van der Waals surface area contributed by atoms with Crippen molar-refractivity contribution in [1.29, 1.82) is 0 Å². The number of rotatable bonds is 3. The Hall–Kier alpha value is -2.96. The zero-order valence-corrected chi connectivity index (χ0v) is 14.8. The lowest BCUT2D eigenvalue weighted by Crippen LogP contribution is -2.14. The molecule has 5 nitrogen and oxygen atoms in total. The molecule has 1 amide bonds. The number of hydrogen-bond donors (Lipinski definition) is 1. The number of benzene rings is 2. The lowest BCUT2D eigenvalue weighted by Gasteiger charge is -2.02. The zero-order valence-electron chi connectivity index (χ0n) is 13.2. The summed E-state index contributed by atoms with van der Waals surface area (Å²) in [6.45, 7) is 0. The van der Waals surface area contributed by atoms with E-state index in [9.17, 15) is 9.59 Å². The van der Waals surface area contributed by atoms with Crippen LogP contribution in [0.4, 0.5) is 5.13 Å². The van der Waals surface area contributed by atoms with Crippen LogP contribution in [0.3, 0.4) is 0 Å². The van der Waals surface area contributed by atoms with Gasteiger partial charge in [0.05, 0.1) is 11.1 Å². The first-order chi connectivity index (χ1) is 12.6. The highest BCUT2D eigenvalue weighted by molar-refractivity contribution is 7.14. The number of carbonyl (C=O) groups excluding carboxylic acids is 1. The summed E-state index contributed by atoms with van der Waals surface area (Å²) in [5, 5.41) is 5.98. The summed E-state index contributed by atoms with van der Waals surface area (Å²) in [6.07, 6.45) is 0. The number of anilines is 1. The summed E-state index contributed by atoms with van der Waals surface area (Å²) in [4.78, 5) is 28.9. The molecule has 0 saturated carbocycles. The fourth-order valence-electron chi connectivity index (χ4n) is 2.46. The van der Waals surface area contributed by atoms with Crippen LogP contribution in [0.1, 0.15) is 10.6 Å². The number of aromatic nitrogens is 1. The molecular weight excluding hydrogens is 372 g/mol. The number of fused-ring (bicyclic) bond motifs is 1. The van der Waals surface area contributed by atoms with Gasteiger partial charge < -0.3 is 4.42 Å². The van der Waals surface area contributed by atoms with Gasteiger partial charge in [0, 0.05) is 22.0 Å². The second kappa shape index (κ2) is 6.74. The summed E-state index contributed by atoms with van der Waals surface area (Å²) in [6, 6.07) is 15.2. The predicted molar refractivity (Wildman–Crippen MR) is 103 cm³/mol. The maximum Gasteiger partial charge on any atom is 0.293 e. The molecule has 7 heteroatoms. The van der Waals surface area contributed by atoms with E-state index in [1.54, 1.807) is 36.4 Å². The first-order valence-corrected chi connectivity index (χ1v) is 8.91. The van der Waals surface area contributed by atoms with Crippen LogP contribution in [-0.2, 0) is 0 Å². The van der Waals surface area contributed by atoms with Gasteiger partial charge >= 0.3 is 0 Å². The van der Waals surface area contributed by atoms with E-state index in [1.165, 1.54) is 17.4 Å². The number of carbonyl (C=O) groups is 1. The second-order valence-corrected chi connectivity index (χ2v) is 6.76. The monoisotopic (exact) mass is 382 g/mol. The van der Waals surface area contributed by atoms with Crippen LogP contribution in [0.25, 0.3) is 22.2 Å². The Morgan fingerprint density at radius 3 is 2.69 bits per heavy atom. The molecule has 0 spiro atoms. The smallest absolute Gasteiger partial charge is 0.293 e. The minimum Gasteiger partial charge on any atom is -0.451 e. The molecule has 0 bridgehead atoms. The maximum atomic E-state index is 12.4. The van der Waals surface area contributed by atoms with Gasteiger partial charge in [-0.1, -0.05) is 35.9 Å². The van der Waals surface area contributed by atoms with Crippen molar-refractivity contribution >= 4 is 44.9 Å². The zero-order chi connectivity index (χ0) is 18.1. The van der Waals surface area contributed by atoms with Crippen LogP contribution in [0.2, 0.25) is 5.02 Å². The quantitative estimate of drug-likeness (QED) is 0.551. The van der Waals surface area contributed by atoms with Crippen molar-refractivity contribution in [3.63, 3.8) is 0 Å². The number of hydrogen-bond acceptors (Lipinski definition) is 5. The minimum atomic E-state index is -0.523. The van der Waals surface area contributed by atoms with Crippen molar-refractivity contribution in [3.05, 3.63) is 81.0 Å². The summed E-state index contributed by atoms with van der Waals surface area (Å²) >= 11 is 7.17. The van der Waals surface area contributed by atoms with Gasteiger partial charge in [-0.05, 0) is 24.3 Å². The predicted octanol–water partition coefficient (Wildman–Crippen LogP) is 4.82. The van der Waals surface area contributed by atoms with E-state index >= 15 is 0 Å². The van der Waals surface area contributed by atoms with Gasteiger partial charge in [-0.3, -0.25) is 14.9 Å². The Morgan fingerprint density at radius 1 is 1.12 bits per heavy atom. The van der Waals surface area contributed by atoms with Crippen LogP contribution in [0, 0.1) is 0 Å². The molecule has 4 aromatic rings. The summed E-state index contributed by atoms with van der Waals surface area (Å²) in [7, 11) is 0. The number of nitrogens with zero attached hydrogens (tertiary/aromatic N) is 1. The standard InChI is InChI=1S/C19H11ClN2O3S/c20-12-7-5-11(6-8-12)14-10-26-19(21-14)22-18(24)17-9-15(23)13-3-1-2-4-16(13)25-17/h1-10H,(H,21,22,24). The van der Waals surface area contributed by atoms with Gasteiger partial charge in [0.2, 0.25) is 0 Å². The Labute approximate surface area is 156 Å². The van der Waals surface area contributed by atoms with Crippen LogP contribution in [0.15, 0.2) is 69.2 Å². The largest absolute Gasteiger partial charge is 0.451 e. The number of nitrogens with one attached hydrogen (secondary N) is 1. The van der Waals surface area contributed by atoms with E-state index in [1.807, 2.05) is 17.5 Å². The number of halogens is 1. The Kier molecular flexibility index (Phi) is 4.28. The fraction of sp³-hybridized carbons (Fsp3) is 0. The van der Waals surface area contributed by atoms with Gasteiger partial charge in [-0.25, -0.2) is 4.98 Å². The summed E-state index contributed by atoms with van der Waals surface area (Å²) in [5.41, 5.74) is 1.72. The molecule has 0 aliphatic carbocycles. The molecule has 0 radical (unpaired) electrons. The molecule has 4 rings (SSSR count). The highest BCUT2D eigenvalue weighted by Crippen LogP contribution is 2.26. The third kappa shape index (κ3) is 3.24. The molecule has 0 aliphatic rings. The maximum absolute atomic E-state index is 12.4. The van der Waals surface area contributed by atoms with Crippen molar-refractivity contribution in [2.24, 2.45) is 0 Å². The Morgan fingerprint density at radius 2 is 1.88 bits per heavy atom. The van der Waals surface area contributed by atoms with Crippen LogP contribution < -0.4 is 10.7 Å². The molecule has 1 N–H and O–H groups in total. The van der Waals surface area contributed by atoms with Crippen molar-refractivity contribution in [2.75, 3.05) is 5.32 Å². The van der Waals surface area contributed by atoms with Gasteiger partial charge in [-0.2, -0.15) is 0 Å². The number of para-hydroxylation sites is 1. The van der Waals surface area contributed by atoms with Gasteiger partial charge in [0.15, 0.2) is 16.3 Å². The minimum absolute atomic E-state index is 0.0584. The van der Waals surface area contributed by atoms with E-state index in [0.29, 0.717) is 21.1 Å². The molecule has 26 heavy (non-hydrogen) atoms. The van der Waals surface area contributed by atoms with Gasteiger partial charge in [0.1, 0.15) is 5.58 Å². The number of amides is 1. The van der Waals surface area contributed by atoms with E-state index in [-0.39, 0.29) is 11.2 Å². The van der Waals surface area contributed by atoms with E-state index < -0.39 is 5.91 Å². The lowest BCUT2D eigenvalue weighted by molar-refractivity contribution is 0.0997. The van der Waals surface area contributed by atoms with E-state index in [2.05, 4.69) is 10.3 Å². The Bertz CT molecular complexity index is 1170. The molecule has 0 unspecified atom stereocenters. The molecular formula is C19H11ClN2O3S. The molecule has 0 aliphatic heterocycles. The van der Waals surface area contributed by atoms with Crippen LogP contribution in [-0.4, -0.2) is 10.9 Å². The molecule has 0 fully saturated rings. The third-order valence-corrected chi connectivity index (χ3v) is 4.73. The molecule has 2 heterocycles. The van der Waals surface area contributed by atoms with Gasteiger partial charge in [-0.15, -0.1) is 11.3 Å². The van der Waals surface area contributed by atoms with Crippen LogP contribution >= 0.6 is 22.9 Å². The van der Waals surface area contributed by atoms with Gasteiger partial charge in [0.25, 0.3) is 5.91 Å². The van der Waals surface area contributed by atoms with Crippen molar-refractivity contribution in [3.8, 4) is 11.3 Å². The molecule has 0 saturated heterocycles. The second-order valence-electron chi connectivity index (χ2n) is 5.47. The average molecular weight is 383 g/mol. The molecule has 128 valence electrons. The van der Waals surface area contributed by atoms with E-state index in [4.69, 9.17) is 16.0 Å². The SMILES string of the molecule is O=C(Nc1nc(-c2ccc(Cl)cc2)cs1)c1cc(=O)c2ccccc2o1. The fourth-order valence-corrected chi connectivity index (χ4v) is 3.30. The Balaban J connectivity index is 1.59. The summed E-state index contributed by atoms with van der Waals surface area (Å²) < 4.78 is 5.53. The first kappa shape index (κ1) is 16.5. The molecule has 2 aromatic carbocycles. The normalized spacial score (nSPS) is 10.8. The highest BCUT2D eigenvalue weighted by Gasteiger charge is 2.14. The molecule has 0 atom stereocenters.